The molecule has 5 heteroatoms. The number of rotatable bonds is 8. The molecule has 1 aliphatic heterocycles. The highest BCUT2D eigenvalue weighted by Gasteiger charge is 2.30. The van der Waals surface area contributed by atoms with Gasteiger partial charge in [0.05, 0.1) is 12.6 Å². The van der Waals surface area contributed by atoms with Gasteiger partial charge in [0.25, 0.3) is 0 Å². The molecule has 20 heavy (non-hydrogen) atoms. The summed E-state index contributed by atoms with van der Waals surface area (Å²) in [6.45, 7) is 13.0. The molecule has 0 aliphatic carbocycles. The second kappa shape index (κ2) is 9.10. The lowest BCUT2D eigenvalue weighted by molar-refractivity contribution is -0.127. The maximum absolute atomic E-state index is 12.0. The van der Waals surface area contributed by atoms with Crippen molar-refractivity contribution >= 4 is 5.91 Å². The molecule has 1 fully saturated rings. The Morgan fingerprint density at radius 3 is 2.90 bits per heavy atom. The molecule has 5 nitrogen and oxygen atoms in total. The molecular formula is C15H29N3O2. The summed E-state index contributed by atoms with van der Waals surface area (Å²) in [4.78, 5) is 16.8. The Hall–Kier alpha value is -0.910. The predicted octanol–water partition coefficient (Wildman–Crippen LogP) is 0.720. The van der Waals surface area contributed by atoms with E-state index in [-0.39, 0.29) is 11.9 Å². The van der Waals surface area contributed by atoms with Crippen LogP contribution in [0.25, 0.3) is 0 Å². The molecule has 1 rings (SSSR count). The van der Waals surface area contributed by atoms with Crippen LogP contribution in [-0.4, -0.2) is 74.2 Å². The van der Waals surface area contributed by atoms with Crippen LogP contribution in [0, 0.1) is 0 Å². The Morgan fingerprint density at radius 2 is 2.30 bits per heavy atom. The zero-order valence-electron chi connectivity index (χ0n) is 13.1. The number of carbonyl (C=O) groups is 1. The third-order valence-corrected chi connectivity index (χ3v) is 4.04. The Morgan fingerprint density at radius 1 is 1.55 bits per heavy atom. The number of ether oxygens (including phenoxy) is 1. The van der Waals surface area contributed by atoms with E-state index in [9.17, 15) is 4.79 Å². The highest BCUT2D eigenvalue weighted by Crippen LogP contribution is 2.15. The predicted molar refractivity (Wildman–Crippen MR) is 81.8 cm³/mol. The smallest absolute Gasteiger partial charge is 0.237 e. The third-order valence-electron chi connectivity index (χ3n) is 4.04. The minimum atomic E-state index is -0.0754. The number of amides is 1. The van der Waals surface area contributed by atoms with Crippen LogP contribution in [0.2, 0.25) is 0 Å². The molecule has 1 saturated heterocycles. The van der Waals surface area contributed by atoms with Crippen LogP contribution in [0.15, 0.2) is 12.7 Å². The highest BCUT2D eigenvalue weighted by atomic mass is 16.5. The van der Waals surface area contributed by atoms with Gasteiger partial charge in [0.1, 0.15) is 0 Å². The number of nitrogens with one attached hydrogen (secondary N) is 1. The molecule has 0 saturated carbocycles. The van der Waals surface area contributed by atoms with Crippen LogP contribution in [-0.2, 0) is 9.53 Å². The Labute approximate surface area is 122 Å². The molecule has 2 atom stereocenters. The van der Waals surface area contributed by atoms with Crippen LogP contribution in [0.3, 0.4) is 0 Å². The molecule has 0 aromatic heterocycles. The van der Waals surface area contributed by atoms with E-state index in [1.54, 1.807) is 13.2 Å². The lowest BCUT2D eigenvalue weighted by atomic mass is 10.1. The van der Waals surface area contributed by atoms with E-state index in [2.05, 4.69) is 28.6 Å². The van der Waals surface area contributed by atoms with Crippen molar-refractivity contribution < 1.29 is 9.53 Å². The van der Waals surface area contributed by atoms with Gasteiger partial charge in [-0.1, -0.05) is 13.0 Å². The van der Waals surface area contributed by atoms with Crippen molar-refractivity contribution in [2.24, 2.45) is 0 Å². The van der Waals surface area contributed by atoms with Gasteiger partial charge in [-0.2, -0.15) is 0 Å². The summed E-state index contributed by atoms with van der Waals surface area (Å²) in [6.07, 6.45) is 2.81. The topological polar surface area (TPSA) is 44.8 Å². The molecule has 0 radical (unpaired) electrons. The minimum Gasteiger partial charge on any atom is -0.383 e. The summed E-state index contributed by atoms with van der Waals surface area (Å²) in [5, 5.41) is 2.88. The van der Waals surface area contributed by atoms with Crippen LogP contribution in [0.5, 0.6) is 0 Å². The summed E-state index contributed by atoms with van der Waals surface area (Å²) < 4.78 is 5.17. The van der Waals surface area contributed by atoms with E-state index in [0.29, 0.717) is 12.6 Å². The molecule has 1 N–H and O–H groups in total. The highest BCUT2D eigenvalue weighted by molar-refractivity contribution is 5.81. The molecule has 1 heterocycles. The van der Waals surface area contributed by atoms with Crippen molar-refractivity contribution in [1.82, 2.24) is 15.1 Å². The van der Waals surface area contributed by atoms with Gasteiger partial charge in [0.15, 0.2) is 0 Å². The molecular weight excluding hydrogens is 254 g/mol. The van der Waals surface area contributed by atoms with Gasteiger partial charge in [0.2, 0.25) is 5.91 Å². The summed E-state index contributed by atoms with van der Waals surface area (Å²) in [5.41, 5.74) is 0. The lowest BCUT2D eigenvalue weighted by Crippen LogP contribution is -2.58. The van der Waals surface area contributed by atoms with Crippen molar-refractivity contribution in [2.45, 2.75) is 32.4 Å². The first-order valence-electron chi connectivity index (χ1n) is 7.49. The minimum absolute atomic E-state index is 0.0754. The Kier molecular flexibility index (Phi) is 7.80. The molecule has 0 aromatic rings. The lowest BCUT2D eigenvalue weighted by Gasteiger charge is -2.43. The van der Waals surface area contributed by atoms with Crippen LogP contribution >= 0.6 is 0 Å². The van der Waals surface area contributed by atoms with Gasteiger partial charge in [-0.25, -0.2) is 0 Å². The van der Waals surface area contributed by atoms with E-state index in [1.807, 2.05) is 6.92 Å². The Balaban J connectivity index is 2.50. The average Bonchev–Trinajstić information content (AvgIpc) is 2.49. The van der Waals surface area contributed by atoms with E-state index >= 15 is 0 Å². The fourth-order valence-corrected chi connectivity index (χ4v) is 2.65. The number of carbonyl (C=O) groups excluding carboxylic acids is 1. The molecule has 116 valence electrons. The van der Waals surface area contributed by atoms with E-state index in [4.69, 9.17) is 4.74 Å². The van der Waals surface area contributed by atoms with E-state index in [1.165, 1.54) is 0 Å². The maximum atomic E-state index is 12.0. The van der Waals surface area contributed by atoms with Gasteiger partial charge in [0, 0.05) is 45.9 Å². The van der Waals surface area contributed by atoms with Crippen LogP contribution in [0.1, 0.15) is 20.3 Å². The number of hydrogen-bond donors (Lipinski definition) is 1. The first-order chi connectivity index (χ1) is 9.63. The fraction of sp³-hybridized carbons (Fsp3) is 0.800. The number of hydrogen-bond acceptors (Lipinski definition) is 4. The monoisotopic (exact) mass is 283 g/mol. The van der Waals surface area contributed by atoms with Gasteiger partial charge >= 0.3 is 0 Å². The zero-order valence-corrected chi connectivity index (χ0v) is 13.1. The molecule has 0 bridgehead atoms. The molecule has 1 amide bonds. The van der Waals surface area contributed by atoms with Crippen molar-refractivity contribution in [1.29, 1.82) is 0 Å². The summed E-state index contributed by atoms with van der Waals surface area (Å²) in [5.74, 6) is 0.0881. The molecule has 0 spiro atoms. The maximum Gasteiger partial charge on any atom is 0.237 e. The summed E-state index contributed by atoms with van der Waals surface area (Å²) >= 11 is 0. The van der Waals surface area contributed by atoms with Crippen LogP contribution < -0.4 is 5.32 Å². The van der Waals surface area contributed by atoms with Gasteiger partial charge in [-0.05, 0) is 13.3 Å². The van der Waals surface area contributed by atoms with Crippen molar-refractivity contribution in [3.05, 3.63) is 12.7 Å². The molecule has 0 aromatic carbocycles. The second-order valence-electron chi connectivity index (χ2n) is 5.30. The number of piperazine rings is 1. The first kappa shape index (κ1) is 17.1. The number of methoxy groups -OCH3 is 1. The third kappa shape index (κ3) is 4.89. The Bertz CT molecular complexity index is 309. The largest absolute Gasteiger partial charge is 0.383 e. The summed E-state index contributed by atoms with van der Waals surface area (Å²) in [7, 11) is 1.74. The number of nitrogens with zero attached hydrogens (tertiary/aromatic N) is 2. The van der Waals surface area contributed by atoms with Gasteiger partial charge in [-0.15, -0.1) is 6.58 Å². The van der Waals surface area contributed by atoms with Gasteiger partial charge in [-0.3, -0.25) is 14.6 Å². The van der Waals surface area contributed by atoms with Crippen molar-refractivity contribution in [3.63, 3.8) is 0 Å². The van der Waals surface area contributed by atoms with E-state index in [0.717, 1.165) is 39.2 Å². The first-order valence-corrected chi connectivity index (χ1v) is 7.49. The second-order valence-corrected chi connectivity index (χ2v) is 5.30. The fourth-order valence-electron chi connectivity index (χ4n) is 2.65. The van der Waals surface area contributed by atoms with Gasteiger partial charge < -0.3 is 10.1 Å². The zero-order chi connectivity index (χ0) is 15.0. The van der Waals surface area contributed by atoms with Crippen LogP contribution in [0.4, 0.5) is 0 Å². The molecule has 0 unspecified atom stereocenters. The standard InChI is InChI=1S/C15H29N3O2/c1-5-7-16-15(19)13(3)18-9-8-17(10-11-20-4)14(6-2)12-18/h5,13-14H,1,6-12H2,2-4H3,(H,16,19)/t13-,14+/m0/s1. The van der Waals surface area contributed by atoms with Crippen molar-refractivity contribution in [3.8, 4) is 0 Å². The van der Waals surface area contributed by atoms with Crippen molar-refractivity contribution in [2.75, 3.05) is 46.4 Å². The summed E-state index contributed by atoms with van der Waals surface area (Å²) in [6, 6.07) is 0.433. The average molecular weight is 283 g/mol. The SMILES string of the molecule is C=CCNC(=O)[C@H](C)N1CCN(CCOC)[C@H](CC)C1. The quantitative estimate of drug-likeness (QED) is 0.667. The van der Waals surface area contributed by atoms with E-state index < -0.39 is 0 Å². The molecule has 1 aliphatic rings. The normalized spacial score (nSPS) is 22.4.